The Kier molecular flexibility index (Phi) is 12.8. The number of furan rings is 3. The van der Waals surface area contributed by atoms with E-state index < -0.39 is 0 Å². The van der Waals surface area contributed by atoms with Gasteiger partial charge >= 0.3 is 0 Å². The van der Waals surface area contributed by atoms with Crippen molar-refractivity contribution in [3.8, 4) is 78.0 Å². The van der Waals surface area contributed by atoms with Crippen LogP contribution in [0.4, 0.5) is 0 Å². The third kappa shape index (κ3) is 8.94. The Bertz CT molecular complexity index is 6790. The molecule has 0 unspecified atom stereocenters. The highest BCUT2D eigenvalue weighted by molar-refractivity contribution is 7.26. The predicted molar refractivity (Wildman–Crippen MR) is 413 cm³/mol. The summed E-state index contributed by atoms with van der Waals surface area (Å²) in [5.74, 6) is 0. The van der Waals surface area contributed by atoms with Crippen molar-refractivity contribution in [1.29, 1.82) is 0 Å². The topological polar surface area (TPSA) is 52.3 Å². The minimum absolute atomic E-state index is 0.875. The van der Waals surface area contributed by atoms with Crippen LogP contribution in [0.2, 0.25) is 0 Å². The van der Waals surface area contributed by atoms with Crippen molar-refractivity contribution in [2.24, 2.45) is 0 Å². The summed E-state index contributed by atoms with van der Waals surface area (Å²) >= 11 is 1.87. The van der Waals surface area contributed by atoms with Crippen LogP contribution in [-0.2, 0) is 0 Å². The summed E-state index contributed by atoms with van der Waals surface area (Å²) in [5, 5.41) is 17.4. The Morgan fingerprint density at radius 1 is 0.224 bits per heavy atom. The van der Waals surface area contributed by atoms with Crippen LogP contribution in [0.25, 0.3) is 207 Å². The summed E-state index contributed by atoms with van der Waals surface area (Å²) < 4.78 is 23.2. The van der Waals surface area contributed by atoms with Crippen LogP contribution < -0.4 is 0 Å². The highest BCUT2D eigenvalue weighted by Gasteiger charge is 2.23. The lowest BCUT2D eigenvalue weighted by Gasteiger charge is -2.11. The van der Waals surface area contributed by atoms with E-state index in [9.17, 15) is 0 Å². The van der Waals surface area contributed by atoms with Crippen molar-refractivity contribution >= 4 is 141 Å². The van der Waals surface area contributed by atoms with Gasteiger partial charge in [-0.15, -0.1) is 11.3 Å². The minimum atomic E-state index is 0.875. The van der Waals surface area contributed by atoms with Gasteiger partial charge in [0.15, 0.2) is 0 Å². The molecule has 0 radical (unpaired) electrons. The third-order valence-corrected chi connectivity index (χ3v) is 21.1. The predicted octanol–water partition coefficient (Wildman–Crippen LogP) is 27.1. The van der Waals surface area contributed by atoms with Gasteiger partial charge in [-0.25, -0.2) is 4.98 Å². The number of benzene rings is 16. The van der Waals surface area contributed by atoms with Crippen molar-refractivity contribution in [3.63, 3.8) is 0 Å². The van der Waals surface area contributed by atoms with E-state index in [1.54, 1.807) is 0 Å². The van der Waals surface area contributed by atoms with Crippen molar-refractivity contribution in [2.45, 2.75) is 0 Å². The molecule has 0 fully saturated rings. The second-order valence-electron chi connectivity index (χ2n) is 25.5. The highest BCUT2D eigenvalue weighted by Crippen LogP contribution is 2.48. The molecule has 5 heteroatoms. The second-order valence-corrected chi connectivity index (χ2v) is 26.5. The van der Waals surface area contributed by atoms with Crippen LogP contribution >= 0.6 is 11.3 Å². The molecule has 0 bridgehead atoms. The molecule has 0 N–H and O–H groups in total. The van der Waals surface area contributed by atoms with E-state index in [1.807, 2.05) is 29.5 Å². The van der Waals surface area contributed by atoms with Crippen molar-refractivity contribution in [3.05, 3.63) is 334 Å². The van der Waals surface area contributed by atoms with Gasteiger partial charge < -0.3 is 13.3 Å². The lowest BCUT2D eigenvalue weighted by atomic mass is 9.92. The fourth-order valence-electron chi connectivity index (χ4n) is 15.4. The van der Waals surface area contributed by atoms with Gasteiger partial charge in [0.1, 0.15) is 33.5 Å². The Morgan fingerprint density at radius 3 is 1.33 bits per heavy atom. The van der Waals surface area contributed by atoms with E-state index >= 15 is 0 Å². The second kappa shape index (κ2) is 22.5. The van der Waals surface area contributed by atoms with Gasteiger partial charge in [-0.3, -0.25) is 0 Å². The Morgan fingerprint density at radius 2 is 0.673 bits per heavy atom. The molecule has 5 heterocycles. The van der Waals surface area contributed by atoms with Gasteiger partial charge in [0, 0.05) is 96.3 Å². The summed E-state index contributed by atoms with van der Waals surface area (Å²) in [6.45, 7) is 0. The zero-order valence-electron chi connectivity index (χ0n) is 52.8. The van der Waals surface area contributed by atoms with Crippen LogP contribution in [0, 0.1) is 0 Å². The number of para-hydroxylation sites is 4. The van der Waals surface area contributed by atoms with Crippen molar-refractivity contribution < 1.29 is 13.3 Å². The Balaban J connectivity index is 0.000000134. The molecule has 98 heavy (non-hydrogen) atoms. The molecule has 0 spiro atoms. The number of nitrogens with zero attached hydrogens (tertiary/aromatic N) is 1. The maximum absolute atomic E-state index is 7.01. The van der Waals surface area contributed by atoms with Gasteiger partial charge in [-0.05, 0) is 121 Å². The number of thiophene rings is 1. The van der Waals surface area contributed by atoms with Crippen LogP contribution in [0.1, 0.15) is 0 Å². The normalized spacial score (nSPS) is 11.9. The fraction of sp³-hybridized carbons (Fsp3) is 0. The Hall–Kier alpha value is -12.7. The molecular weight excluding hydrogens is 1210 g/mol. The molecule has 0 atom stereocenters. The van der Waals surface area contributed by atoms with E-state index in [0.717, 1.165) is 132 Å². The molecule has 0 saturated heterocycles. The fourth-order valence-corrected chi connectivity index (χ4v) is 16.6. The van der Waals surface area contributed by atoms with Gasteiger partial charge in [0.25, 0.3) is 0 Å². The van der Waals surface area contributed by atoms with E-state index in [1.165, 1.54) is 75.1 Å². The number of aromatic nitrogens is 1. The van der Waals surface area contributed by atoms with Crippen LogP contribution in [0.15, 0.2) is 347 Å². The van der Waals surface area contributed by atoms with E-state index in [4.69, 9.17) is 18.2 Å². The zero-order chi connectivity index (χ0) is 64.4. The number of hydrogen-bond donors (Lipinski definition) is 0. The summed E-state index contributed by atoms with van der Waals surface area (Å²) in [6, 6.07) is 119. The third-order valence-electron chi connectivity index (χ3n) is 19.9. The van der Waals surface area contributed by atoms with Crippen LogP contribution in [0.5, 0.6) is 0 Å². The molecule has 0 saturated carbocycles. The summed E-state index contributed by atoms with van der Waals surface area (Å²) in [7, 11) is 0. The molecule has 0 aliphatic rings. The molecule has 0 amide bonds. The smallest absolute Gasteiger partial charge is 0.144 e. The van der Waals surface area contributed by atoms with Gasteiger partial charge in [-0.1, -0.05) is 279 Å². The van der Waals surface area contributed by atoms with Gasteiger partial charge in [0.05, 0.1) is 11.2 Å². The first-order valence-corrected chi connectivity index (χ1v) is 34.1. The standard InChI is InChI=1S/C49H29NO2.C44H26OS/c1-3-12-30(13-4-1)32-24-27-44-42(29-32)38-22-11-19-35(47(38)51-44)33-16-9-17-34(28-33)36-20-10-21-37-39-25-26-41-45(49(39)52-48(36)37)40-18-7-8-23-43(40)50-46(41)31-14-5-2-6-15-31;1-2-11-27(12-3-1)39-26-30-13-4-5-16-31(30)41-35(39)23-24-37-36-20-9-18-32(42(36)45-43(37)41)28-14-8-15-29(25-28)33-19-10-21-38-34-17-6-7-22-40(34)46-44(33)38/h1-29H;1-26H. The maximum atomic E-state index is 7.01. The van der Waals surface area contributed by atoms with E-state index in [0.29, 0.717) is 0 Å². The molecule has 4 nitrogen and oxygen atoms in total. The van der Waals surface area contributed by atoms with E-state index in [2.05, 4.69) is 315 Å². The van der Waals surface area contributed by atoms with Crippen molar-refractivity contribution in [1.82, 2.24) is 4.98 Å². The first-order chi connectivity index (χ1) is 48.6. The SMILES string of the molecule is c1ccc(-c2cc3ccccc3c3c2ccc2c4cccc(-c5cccc(-c6cccc7c6sc6ccccc67)c5)c4oc23)cc1.c1ccc(-c2ccc3oc4c(-c5cccc(-c6cccc7c6oc6c7ccc7c(-c8ccccc8)nc8ccccc8c76)c5)cccc4c3c2)cc1. The average molecular weight is 1270 g/mol. The monoisotopic (exact) mass is 1270 g/mol. The molecule has 16 aromatic carbocycles. The molecule has 0 aliphatic carbocycles. The number of pyridine rings is 1. The van der Waals surface area contributed by atoms with Crippen LogP contribution in [-0.4, -0.2) is 4.98 Å². The zero-order valence-corrected chi connectivity index (χ0v) is 53.7. The molecule has 0 aliphatic heterocycles. The average Bonchev–Trinajstić information content (AvgIpc) is 1.49. The number of rotatable bonds is 7. The summed E-state index contributed by atoms with van der Waals surface area (Å²) in [6.07, 6.45) is 0. The molecule has 5 aromatic heterocycles. The van der Waals surface area contributed by atoms with Crippen LogP contribution in [0.3, 0.4) is 0 Å². The molecule has 21 rings (SSSR count). The lowest BCUT2D eigenvalue weighted by molar-refractivity contribution is 0.670. The quantitative estimate of drug-likeness (QED) is 0.149. The van der Waals surface area contributed by atoms with Crippen molar-refractivity contribution in [2.75, 3.05) is 0 Å². The first-order valence-electron chi connectivity index (χ1n) is 33.3. The Labute approximate surface area is 566 Å². The molecule has 21 aromatic rings. The number of hydrogen-bond acceptors (Lipinski definition) is 5. The molecular formula is C93H55NO3S. The highest BCUT2D eigenvalue weighted by atomic mass is 32.1. The summed E-state index contributed by atoms with van der Waals surface area (Å²) in [4.78, 5) is 5.14. The first kappa shape index (κ1) is 55.8. The number of fused-ring (bicyclic) bond motifs is 20. The maximum Gasteiger partial charge on any atom is 0.144 e. The van der Waals surface area contributed by atoms with Gasteiger partial charge in [0.2, 0.25) is 0 Å². The van der Waals surface area contributed by atoms with E-state index in [-0.39, 0.29) is 0 Å². The minimum Gasteiger partial charge on any atom is -0.455 e. The molecule has 456 valence electrons. The lowest BCUT2D eigenvalue weighted by Crippen LogP contribution is -1.89. The largest absolute Gasteiger partial charge is 0.455 e. The summed E-state index contributed by atoms with van der Waals surface area (Å²) in [5.41, 5.74) is 22.2. The van der Waals surface area contributed by atoms with Gasteiger partial charge in [-0.2, -0.15) is 0 Å².